The van der Waals surface area contributed by atoms with Crippen LogP contribution in [0.5, 0.6) is 0 Å². The topological polar surface area (TPSA) is 45.2 Å². The Morgan fingerprint density at radius 3 is 2.95 bits per heavy atom. The molecule has 5 heteroatoms. The molecule has 114 valence electrons. The summed E-state index contributed by atoms with van der Waals surface area (Å²) in [5.74, 6) is -0.0772. The summed E-state index contributed by atoms with van der Waals surface area (Å²) in [5.41, 5.74) is 2.99. The number of amides is 1. The summed E-state index contributed by atoms with van der Waals surface area (Å²) in [4.78, 5) is 18.7. The maximum atomic E-state index is 12.5. The van der Waals surface area contributed by atoms with E-state index in [4.69, 9.17) is 11.6 Å². The predicted octanol–water partition coefficient (Wildman–Crippen LogP) is 3.51. The molecule has 0 bridgehead atoms. The van der Waals surface area contributed by atoms with Crippen LogP contribution >= 0.6 is 11.6 Å². The fraction of sp³-hybridized carbons (Fsp3) is 0.294. The van der Waals surface area contributed by atoms with Gasteiger partial charge < -0.3 is 10.2 Å². The number of nitrogens with zero attached hydrogens (tertiary/aromatic N) is 2. The number of rotatable bonds is 3. The Hall–Kier alpha value is -2.07. The van der Waals surface area contributed by atoms with Crippen molar-refractivity contribution in [2.75, 3.05) is 16.8 Å². The van der Waals surface area contributed by atoms with Crippen molar-refractivity contribution in [1.29, 1.82) is 0 Å². The second-order valence-electron chi connectivity index (χ2n) is 5.43. The van der Waals surface area contributed by atoms with Gasteiger partial charge in [0.1, 0.15) is 6.04 Å². The first-order chi connectivity index (χ1) is 10.7. The number of carbonyl (C=O) groups excluding carboxylic acids is 1. The lowest BCUT2D eigenvalue weighted by Gasteiger charge is -2.35. The van der Waals surface area contributed by atoms with E-state index in [2.05, 4.69) is 27.3 Å². The van der Waals surface area contributed by atoms with E-state index >= 15 is 0 Å². The number of aromatic nitrogens is 1. The van der Waals surface area contributed by atoms with E-state index in [1.807, 2.05) is 19.1 Å². The molecule has 1 aliphatic rings. The van der Waals surface area contributed by atoms with Crippen LogP contribution in [0.2, 0.25) is 5.15 Å². The molecule has 0 unspecified atom stereocenters. The molecule has 0 spiro atoms. The number of fused-ring (bicyclic) bond motifs is 1. The summed E-state index contributed by atoms with van der Waals surface area (Å²) in [6.45, 7) is 2.80. The fourth-order valence-electron chi connectivity index (χ4n) is 2.82. The van der Waals surface area contributed by atoms with Gasteiger partial charge in [-0.3, -0.25) is 4.79 Å². The van der Waals surface area contributed by atoms with Gasteiger partial charge in [0.25, 0.3) is 0 Å². The molecule has 0 aliphatic carbocycles. The number of para-hydroxylation sites is 1. The fourth-order valence-corrected chi connectivity index (χ4v) is 2.99. The van der Waals surface area contributed by atoms with Gasteiger partial charge in [-0.05, 0) is 43.5 Å². The molecule has 1 aliphatic heterocycles. The van der Waals surface area contributed by atoms with E-state index < -0.39 is 0 Å². The van der Waals surface area contributed by atoms with Crippen molar-refractivity contribution in [2.45, 2.75) is 25.8 Å². The van der Waals surface area contributed by atoms with Crippen molar-refractivity contribution >= 4 is 28.9 Å². The van der Waals surface area contributed by atoms with E-state index in [1.165, 1.54) is 5.56 Å². The van der Waals surface area contributed by atoms with Crippen molar-refractivity contribution < 1.29 is 4.79 Å². The first-order valence-corrected chi connectivity index (χ1v) is 7.80. The standard InChI is InChI=1S/C17H18ClN3O/c1-12(17(22)20-14-8-4-10-19-16(14)18)21-11-5-7-13-6-2-3-9-15(13)21/h2-4,6,8-10,12H,5,7,11H2,1H3,(H,20,22)/t12-/m1/s1. The minimum Gasteiger partial charge on any atom is -0.360 e. The summed E-state index contributed by atoms with van der Waals surface area (Å²) in [6.07, 6.45) is 3.72. The third-order valence-electron chi connectivity index (χ3n) is 4.01. The lowest BCUT2D eigenvalue weighted by atomic mass is 10.00. The Labute approximate surface area is 135 Å². The summed E-state index contributed by atoms with van der Waals surface area (Å²) in [6, 6.07) is 11.5. The monoisotopic (exact) mass is 315 g/mol. The van der Waals surface area contributed by atoms with Crippen molar-refractivity contribution in [3.05, 3.63) is 53.3 Å². The van der Waals surface area contributed by atoms with Crippen LogP contribution in [0.15, 0.2) is 42.6 Å². The number of aryl methyl sites for hydroxylation is 1. The highest BCUT2D eigenvalue weighted by molar-refractivity contribution is 6.32. The van der Waals surface area contributed by atoms with Crippen molar-refractivity contribution in [3.8, 4) is 0 Å². The van der Waals surface area contributed by atoms with E-state index in [0.29, 0.717) is 10.8 Å². The lowest BCUT2D eigenvalue weighted by Crippen LogP contribution is -2.44. The summed E-state index contributed by atoms with van der Waals surface area (Å²) in [7, 11) is 0. The molecule has 2 aromatic rings. The highest BCUT2D eigenvalue weighted by Crippen LogP contribution is 2.29. The number of carbonyl (C=O) groups is 1. The molecule has 1 amide bonds. The predicted molar refractivity (Wildman–Crippen MR) is 89.4 cm³/mol. The zero-order valence-electron chi connectivity index (χ0n) is 12.4. The van der Waals surface area contributed by atoms with E-state index in [1.54, 1.807) is 18.3 Å². The Morgan fingerprint density at radius 2 is 2.14 bits per heavy atom. The van der Waals surface area contributed by atoms with Crippen molar-refractivity contribution in [2.24, 2.45) is 0 Å². The van der Waals surface area contributed by atoms with E-state index in [0.717, 1.165) is 25.1 Å². The first-order valence-electron chi connectivity index (χ1n) is 7.43. The summed E-state index contributed by atoms with van der Waals surface area (Å²) in [5, 5.41) is 3.17. The summed E-state index contributed by atoms with van der Waals surface area (Å²) < 4.78 is 0. The molecular weight excluding hydrogens is 298 g/mol. The Kier molecular flexibility index (Phi) is 4.29. The number of anilines is 2. The number of benzene rings is 1. The number of hydrogen-bond donors (Lipinski definition) is 1. The minimum atomic E-state index is -0.266. The maximum absolute atomic E-state index is 12.5. The minimum absolute atomic E-state index is 0.0772. The van der Waals surface area contributed by atoms with Crippen LogP contribution in [-0.2, 0) is 11.2 Å². The molecule has 1 N–H and O–H groups in total. The number of pyridine rings is 1. The maximum Gasteiger partial charge on any atom is 0.246 e. The highest BCUT2D eigenvalue weighted by Gasteiger charge is 2.26. The van der Waals surface area contributed by atoms with Crippen LogP contribution in [0.25, 0.3) is 0 Å². The van der Waals surface area contributed by atoms with Crippen LogP contribution < -0.4 is 10.2 Å². The lowest BCUT2D eigenvalue weighted by molar-refractivity contribution is -0.117. The third-order valence-corrected chi connectivity index (χ3v) is 4.31. The first kappa shape index (κ1) is 14.9. The van der Waals surface area contributed by atoms with Gasteiger partial charge >= 0.3 is 0 Å². The molecular formula is C17H18ClN3O. The largest absolute Gasteiger partial charge is 0.360 e. The molecule has 1 atom stereocenters. The number of nitrogens with one attached hydrogen (secondary N) is 1. The Morgan fingerprint density at radius 1 is 1.32 bits per heavy atom. The van der Waals surface area contributed by atoms with Crippen LogP contribution in [0.4, 0.5) is 11.4 Å². The Balaban J connectivity index is 1.78. The molecule has 0 radical (unpaired) electrons. The molecule has 4 nitrogen and oxygen atoms in total. The van der Waals surface area contributed by atoms with Gasteiger partial charge in [-0.1, -0.05) is 29.8 Å². The second-order valence-corrected chi connectivity index (χ2v) is 5.79. The van der Waals surface area contributed by atoms with Crippen molar-refractivity contribution in [1.82, 2.24) is 4.98 Å². The van der Waals surface area contributed by atoms with Gasteiger partial charge in [0.2, 0.25) is 5.91 Å². The van der Waals surface area contributed by atoms with Gasteiger partial charge in [0.05, 0.1) is 5.69 Å². The zero-order chi connectivity index (χ0) is 15.5. The van der Waals surface area contributed by atoms with Gasteiger partial charge in [-0.15, -0.1) is 0 Å². The van der Waals surface area contributed by atoms with Gasteiger partial charge in [0, 0.05) is 18.4 Å². The molecule has 0 fully saturated rings. The number of hydrogen-bond acceptors (Lipinski definition) is 3. The molecule has 2 heterocycles. The Bertz CT molecular complexity index is 689. The molecule has 22 heavy (non-hydrogen) atoms. The molecule has 1 aromatic carbocycles. The average molecular weight is 316 g/mol. The van der Waals surface area contributed by atoms with E-state index in [9.17, 15) is 4.79 Å². The third kappa shape index (κ3) is 2.92. The van der Waals surface area contributed by atoms with Crippen molar-refractivity contribution in [3.63, 3.8) is 0 Å². The smallest absolute Gasteiger partial charge is 0.246 e. The normalized spacial score (nSPS) is 15.1. The van der Waals surface area contributed by atoms with Gasteiger partial charge in [-0.25, -0.2) is 4.98 Å². The summed E-state index contributed by atoms with van der Waals surface area (Å²) >= 11 is 6.00. The SMILES string of the molecule is C[C@H](C(=O)Nc1cccnc1Cl)N1CCCc2ccccc21. The van der Waals surface area contributed by atoms with Crippen LogP contribution in [-0.4, -0.2) is 23.5 Å². The molecule has 3 rings (SSSR count). The number of halogens is 1. The molecule has 1 aromatic heterocycles. The van der Waals surface area contributed by atoms with E-state index in [-0.39, 0.29) is 11.9 Å². The van der Waals surface area contributed by atoms with Gasteiger partial charge in [0.15, 0.2) is 5.15 Å². The van der Waals surface area contributed by atoms with Crippen LogP contribution in [0.3, 0.4) is 0 Å². The van der Waals surface area contributed by atoms with Crippen LogP contribution in [0, 0.1) is 0 Å². The highest BCUT2D eigenvalue weighted by atomic mass is 35.5. The average Bonchev–Trinajstić information content (AvgIpc) is 2.55. The molecule has 0 saturated heterocycles. The van der Waals surface area contributed by atoms with Crippen LogP contribution in [0.1, 0.15) is 18.9 Å². The second kappa shape index (κ2) is 6.36. The van der Waals surface area contributed by atoms with Gasteiger partial charge in [-0.2, -0.15) is 0 Å². The quantitative estimate of drug-likeness (QED) is 0.882. The zero-order valence-corrected chi connectivity index (χ0v) is 13.2. The molecule has 0 saturated carbocycles.